The molecule has 1 aromatic carbocycles. The molecule has 8 heteroatoms. The van der Waals surface area contributed by atoms with Gasteiger partial charge in [0.15, 0.2) is 0 Å². The van der Waals surface area contributed by atoms with Gasteiger partial charge in [-0.15, -0.1) is 0 Å². The van der Waals surface area contributed by atoms with Gasteiger partial charge in [-0.1, -0.05) is 26.2 Å². The van der Waals surface area contributed by atoms with Gasteiger partial charge in [0.05, 0.1) is 9.82 Å². The molecule has 1 unspecified atom stereocenters. The molecule has 21 heavy (non-hydrogen) atoms. The van der Waals surface area contributed by atoms with Crippen LogP contribution in [-0.2, 0) is 10.0 Å². The summed E-state index contributed by atoms with van der Waals surface area (Å²) in [5.41, 5.74) is 4.99. The molecule has 0 spiro atoms. The Labute approximate surface area is 124 Å². The Hall–Kier alpha value is -1.67. The van der Waals surface area contributed by atoms with Crippen LogP contribution in [0.2, 0.25) is 0 Å². The van der Waals surface area contributed by atoms with Gasteiger partial charge in [-0.05, 0) is 25.5 Å². The first-order chi connectivity index (χ1) is 9.77. The van der Waals surface area contributed by atoms with Crippen molar-refractivity contribution in [1.82, 2.24) is 4.72 Å². The van der Waals surface area contributed by atoms with E-state index in [2.05, 4.69) is 11.6 Å². The molecule has 118 valence electrons. The summed E-state index contributed by atoms with van der Waals surface area (Å²) < 4.78 is 26.9. The maximum atomic E-state index is 12.2. The molecule has 7 nitrogen and oxygen atoms in total. The maximum Gasteiger partial charge on any atom is 0.293 e. The molecule has 1 aromatic rings. The lowest BCUT2D eigenvalue weighted by Gasteiger charge is -2.14. The number of benzene rings is 1. The molecule has 0 aliphatic heterocycles. The number of nitro groups is 1. The zero-order valence-corrected chi connectivity index (χ0v) is 13.0. The number of rotatable bonds is 8. The summed E-state index contributed by atoms with van der Waals surface area (Å²) in [5.74, 6) is 0. The molecule has 0 heterocycles. The van der Waals surface area contributed by atoms with Crippen molar-refractivity contribution >= 4 is 21.4 Å². The van der Waals surface area contributed by atoms with Crippen LogP contribution in [0.25, 0.3) is 0 Å². The highest BCUT2D eigenvalue weighted by molar-refractivity contribution is 7.89. The minimum Gasteiger partial charge on any atom is -0.393 e. The molecule has 1 atom stereocenters. The number of unbranched alkanes of at least 4 members (excludes halogenated alkanes) is 2. The standard InChI is InChI=1S/C13H21N3O4S/c1-3-4-5-6-10(2)15-21(19,20)11-7-8-12(14)13(9-11)16(17)18/h7-10,15H,3-6,14H2,1-2H3. The number of hydrogen-bond acceptors (Lipinski definition) is 5. The second-order valence-corrected chi connectivity index (χ2v) is 6.71. The first-order valence-corrected chi connectivity index (χ1v) is 8.32. The van der Waals surface area contributed by atoms with Crippen LogP contribution in [0.1, 0.15) is 39.5 Å². The van der Waals surface area contributed by atoms with E-state index in [0.717, 1.165) is 31.7 Å². The number of nitrogens with zero attached hydrogens (tertiary/aromatic N) is 1. The van der Waals surface area contributed by atoms with E-state index in [0.29, 0.717) is 0 Å². The Morgan fingerprint density at radius 1 is 1.38 bits per heavy atom. The first kappa shape index (κ1) is 17.4. The lowest BCUT2D eigenvalue weighted by atomic mass is 10.1. The summed E-state index contributed by atoms with van der Waals surface area (Å²) in [5, 5.41) is 10.8. The monoisotopic (exact) mass is 315 g/mol. The molecule has 0 aromatic heterocycles. The largest absolute Gasteiger partial charge is 0.393 e. The number of nitro benzene ring substituents is 1. The molecule has 0 saturated heterocycles. The first-order valence-electron chi connectivity index (χ1n) is 6.84. The van der Waals surface area contributed by atoms with E-state index in [4.69, 9.17) is 5.73 Å². The number of nitrogens with two attached hydrogens (primary N) is 1. The summed E-state index contributed by atoms with van der Waals surface area (Å²) in [6, 6.07) is 3.26. The van der Waals surface area contributed by atoms with Crippen molar-refractivity contribution in [2.24, 2.45) is 0 Å². The third-order valence-corrected chi connectivity index (χ3v) is 4.69. The minimum absolute atomic E-state index is 0.0602. The Kier molecular flexibility index (Phi) is 6.10. The van der Waals surface area contributed by atoms with Crippen LogP contribution in [0.15, 0.2) is 23.1 Å². The highest BCUT2D eigenvalue weighted by Gasteiger charge is 2.21. The number of nitrogens with one attached hydrogen (secondary N) is 1. The molecule has 0 saturated carbocycles. The van der Waals surface area contributed by atoms with Crippen molar-refractivity contribution in [1.29, 1.82) is 0 Å². The summed E-state index contributed by atoms with van der Waals surface area (Å²) in [6.07, 6.45) is 3.76. The van der Waals surface area contributed by atoms with Crippen molar-refractivity contribution in [3.8, 4) is 0 Å². The van der Waals surface area contributed by atoms with Crippen molar-refractivity contribution < 1.29 is 13.3 Å². The van der Waals surface area contributed by atoms with E-state index in [9.17, 15) is 18.5 Å². The fourth-order valence-corrected chi connectivity index (χ4v) is 3.24. The average Bonchev–Trinajstić information content (AvgIpc) is 2.38. The molecule has 0 amide bonds. The zero-order valence-electron chi connectivity index (χ0n) is 12.2. The molecular weight excluding hydrogens is 294 g/mol. The molecule has 3 N–H and O–H groups in total. The van der Waals surface area contributed by atoms with Gasteiger partial charge < -0.3 is 5.73 Å². The fraction of sp³-hybridized carbons (Fsp3) is 0.538. The van der Waals surface area contributed by atoms with Gasteiger partial charge in [-0.3, -0.25) is 10.1 Å². The van der Waals surface area contributed by atoms with Crippen LogP contribution < -0.4 is 10.5 Å². The number of sulfonamides is 1. The van der Waals surface area contributed by atoms with E-state index < -0.39 is 20.6 Å². The van der Waals surface area contributed by atoms with Gasteiger partial charge in [-0.2, -0.15) is 0 Å². The SMILES string of the molecule is CCCCCC(C)NS(=O)(=O)c1ccc(N)c([N+](=O)[O-])c1. The Morgan fingerprint density at radius 2 is 2.05 bits per heavy atom. The maximum absolute atomic E-state index is 12.2. The van der Waals surface area contributed by atoms with Crippen molar-refractivity contribution in [3.63, 3.8) is 0 Å². The highest BCUT2D eigenvalue weighted by atomic mass is 32.2. The molecule has 0 fully saturated rings. The predicted molar refractivity (Wildman–Crippen MR) is 81.4 cm³/mol. The van der Waals surface area contributed by atoms with Gasteiger partial charge in [0.1, 0.15) is 5.69 Å². The van der Waals surface area contributed by atoms with Crippen LogP contribution >= 0.6 is 0 Å². The Morgan fingerprint density at radius 3 is 2.62 bits per heavy atom. The molecule has 0 aliphatic carbocycles. The van der Waals surface area contributed by atoms with Crippen LogP contribution in [0, 0.1) is 10.1 Å². The zero-order chi connectivity index (χ0) is 16.0. The fourth-order valence-electron chi connectivity index (χ4n) is 1.94. The van der Waals surface area contributed by atoms with Gasteiger partial charge in [0.2, 0.25) is 10.0 Å². The van der Waals surface area contributed by atoms with Crippen molar-refractivity contribution in [3.05, 3.63) is 28.3 Å². The third kappa shape index (κ3) is 4.98. The topological polar surface area (TPSA) is 115 Å². The van der Waals surface area contributed by atoms with Crippen LogP contribution in [0.3, 0.4) is 0 Å². The van der Waals surface area contributed by atoms with E-state index in [1.54, 1.807) is 6.92 Å². The summed E-state index contributed by atoms with van der Waals surface area (Å²) in [7, 11) is -3.78. The van der Waals surface area contributed by atoms with Crippen molar-refractivity contribution in [2.75, 3.05) is 5.73 Å². The summed E-state index contributed by atoms with van der Waals surface area (Å²) >= 11 is 0. The predicted octanol–water partition coefficient (Wildman–Crippen LogP) is 2.42. The number of hydrogen-bond donors (Lipinski definition) is 2. The molecule has 0 bridgehead atoms. The Balaban J connectivity index is 2.88. The van der Waals surface area contributed by atoms with E-state index >= 15 is 0 Å². The lowest BCUT2D eigenvalue weighted by Crippen LogP contribution is -2.32. The van der Waals surface area contributed by atoms with Crippen molar-refractivity contribution in [2.45, 2.75) is 50.5 Å². The van der Waals surface area contributed by atoms with Gasteiger partial charge >= 0.3 is 0 Å². The smallest absolute Gasteiger partial charge is 0.293 e. The van der Waals surface area contributed by atoms with Crippen LogP contribution in [-0.4, -0.2) is 19.4 Å². The van der Waals surface area contributed by atoms with E-state index in [1.807, 2.05) is 0 Å². The molecule has 0 radical (unpaired) electrons. The molecule has 1 rings (SSSR count). The average molecular weight is 315 g/mol. The molecular formula is C13H21N3O4S. The third-order valence-electron chi connectivity index (χ3n) is 3.11. The Bertz CT molecular complexity index is 601. The van der Waals surface area contributed by atoms with E-state index in [-0.39, 0.29) is 16.6 Å². The normalized spacial score (nSPS) is 13.0. The van der Waals surface area contributed by atoms with Crippen LogP contribution in [0.5, 0.6) is 0 Å². The summed E-state index contributed by atoms with van der Waals surface area (Å²) in [4.78, 5) is 9.97. The lowest BCUT2D eigenvalue weighted by molar-refractivity contribution is -0.384. The van der Waals surface area contributed by atoms with E-state index in [1.165, 1.54) is 12.1 Å². The van der Waals surface area contributed by atoms with Crippen LogP contribution in [0.4, 0.5) is 11.4 Å². The second-order valence-electron chi connectivity index (χ2n) is 5.00. The van der Waals surface area contributed by atoms with Gasteiger partial charge in [0, 0.05) is 12.1 Å². The van der Waals surface area contributed by atoms with Gasteiger partial charge in [-0.25, -0.2) is 13.1 Å². The summed E-state index contributed by atoms with van der Waals surface area (Å²) in [6.45, 7) is 3.85. The number of anilines is 1. The molecule has 0 aliphatic rings. The minimum atomic E-state index is -3.78. The second kappa shape index (κ2) is 7.37. The highest BCUT2D eigenvalue weighted by Crippen LogP contribution is 2.25. The quantitative estimate of drug-likeness (QED) is 0.331. The number of nitrogen functional groups attached to an aromatic ring is 1. The van der Waals surface area contributed by atoms with Gasteiger partial charge in [0.25, 0.3) is 5.69 Å².